The number of aromatic nitrogens is 4. The molecule has 7 nitrogen and oxygen atoms in total. The van der Waals surface area contributed by atoms with Gasteiger partial charge in [0.1, 0.15) is 12.2 Å². The van der Waals surface area contributed by atoms with Gasteiger partial charge in [0.05, 0.1) is 24.3 Å². The number of amides is 2. The third-order valence-corrected chi connectivity index (χ3v) is 5.22. The molecule has 0 aliphatic carbocycles. The topological polar surface area (TPSA) is 75.9 Å². The highest BCUT2D eigenvalue weighted by molar-refractivity contribution is 5.91. The molecule has 0 saturated carbocycles. The maximum atomic E-state index is 12.8. The summed E-state index contributed by atoms with van der Waals surface area (Å²) in [4.78, 5) is 23.4. The second-order valence-electron chi connectivity index (χ2n) is 6.79. The number of urea groups is 1. The number of nitrogens with one attached hydrogen (secondary N) is 1. The van der Waals surface area contributed by atoms with Gasteiger partial charge in [0.2, 0.25) is 0 Å². The normalized spacial score (nSPS) is 20.3. The molecule has 1 aromatic carbocycles. The molecule has 2 amide bonds. The van der Waals surface area contributed by atoms with Crippen molar-refractivity contribution in [2.45, 2.75) is 32.0 Å². The highest BCUT2D eigenvalue weighted by Gasteiger charge is 2.49. The van der Waals surface area contributed by atoms with E-state index in [2.05, 4.69) is 20.4 Å². The molecule has 0 unspecified atom stereocenters. The molecule has 3 aliphatic rings. The number of pyridine rings is 1. The summed E-state index contributed by atoms with van der Waals surface area (Å²) in [6, 6.07) is 11.9. The molecule has 2 aromatic heterocycles. The Morgan fingerprint density at radius 1 is 1.23 bits per heavy atom. The lowest BCUT2D eigenvalue weighted by Gasteiger charge is -2.51. The molecule has 2 bridgehead atoms. The average Bonchev–Trinajstić information content (AvgIpc) is 3.13. The second kappa shape index (κ2) is 5.66. The van der Waals surface area contributed by atoms with Gasteiger partial charge in [-0.2, -0.15) is 5.10 Å². The molecule has 0 spiro atoms. The van der Waals surface area contributed by atoms with Crippen molar-refractivity contribution in [3.63, 3.8) is 0 Å². The summed E-state index contributed by atoms with van der Waals surface area (Å²) in [6.07, 6.45) is 4.29. The van der Waals surface area contributed by atoms with E-state index >= 15 is 0 Å². The van der Waals surface area contributed by atoms with Crippen molar-refractivity contribution in [2.75, 3.05) is 5.32 Å². The van der Waals surface area contributed by atoms with Crippen molar-refractivity contribution in [3.05, 3.63) is 60.3 Å². The molecule has 1 fully saturated rings. The summed E-state index contributed by atoms with van der Waals surface area (Å²) in [6.45, 7) is 2.76. The van der Waals surface area contributed by atoms with Gasteiger partial charge in [-0.05, 0) is 43.2 Å². The first kappa shape index (κ1) is 15.1. The maximum absolute atomic E-state index is 12.8. The van der Waals surface area contributed by atoms with E-state index in [4.69, 9.17) is 0 Å². The molecule has 3 aromatic rings. The Bertz CT molecular complexity index is 983. The van der Waals surface area contributed by atoms with Crippen molar-refractivity contribution in [2.24, 2.45) is 0 Å². The zero-order valence-electron chi connectivity index (χ0n) is 14.3. The second-order valence-corrected chi connectivity index (χ2v) is 6.79. The number of aryl methyl sites for hydroxylation is 1. The first-order valence-corrected chi connectivity index (χ1v) is 8.70. The minimum atomic E-state index is -0.0867. The Hall–Kier alpha value is -3.22. The molecule has 26 heavy (non-hydrogen) atoms. The molecule has 1 saturated heterocycles. The summed E-state index contributed by atoms with van der Waals surface area (Å²) in [5.74, 6) is 0.876. The molecule has 5 heterocycles. The number of carbonyl (C=O) groups excluding carboxylic acids is 1. The van der Waals surface area contributed by atoms with E-state index in [9.17, 15) is 4.79 Å². The van der Waals surface area contributed by atoms with Gasteiger partial charge >= 0.3 is 6.03 Å². The molecule has 130 valence electrons. The molecular weight excluding hydrogens is 328 g/mol. The van der Waals surface area contributed by atoms with E-state index in [1.165, 1.54) is 0 Å². The number of benzene rings is 1. The predicted molar refractivity (Wildman–Crippen MR) is 96.4 cm³/mol. The lowest BCUT2D eigenvalue weighted by molar-refractivity contribution is 0.0134. The first-order chi connectivity index (χ1) is 12.7. The highest BCUT2D eigenvalue weighted by Crippen LogP contribution is 2.42. The van der Waals surface area contributed by atoms with Crippen LogP contribution < -0.4 is 5.32 Å². The van der Waals surface area contributed by atoms with Crippen LogP contribution in [0.5, 0.6) is 0 Å². The van der Waals surface area contributed by atoms with E-state index < -0.39 is 0 Å². The van der Waals surface area contributed by atoms with E-state index in [1.54, 1.807) is 12.5 Å². The van der Waals surface area contributed by atoms with Crippen LogP contribution in [0.25, 0.3) is 11.3 Å². The van der Waals surface area contributed by atoms with E-state index in [0.29, 0.717) is 6.54 Å². The molecule has 7 heteroatoms. The van der Waals surface area contributed by atoms with Crippen LogP contribution in [0.1, 0.15) is 23.9 Å². The fourth-order valence-electron chi connectivity index (χ4n) is 3.86. The zero-order valence-corrected chi connectivity index (χ0v) is 14.3. The quantitative estimate of drug-likeness (QED) is 0.774. The molecule has 1 N–H and O–H groups in total. The summed E-state index contributed by atoms with van der Waals surface area (Å²) >= 11 is 0. The maximum Gasteiger partial charge on any atom is 0.322 e. The van der Waals surface area contributed by atoms with Crippen molar-refractivity contribution < 1.29 is 4.79 Å². The van der Waals surface area contributed by atoms with Crippen molar-refractivity contribution in [1.29, 1.82) is 0 Å². The summed E-state index contributed by atoms with van der Waals surface area (Å²) in [5.41, 5.74) is 3.81. The smallest absolute Gasteiger partial charge is 0.309 e. The van der Waals surface area contributed by atoms with Crippen molar-refractivity contribution in [1.82, 2.24) is 24.6 Å². The number of anilines is 1. The summed E-state index contributed by atoms with van der Waals surface area (Å²) in [5, 5.41) is 7.25. The van der Waals surface area contributed by atoms with E-state index in [-0.39, 0.29) is 18.1 Å². The van der Waals surface area contributed by atoms with Crippen LogP contribution in [0, 0.1) is 6.92 Å². The monoisotopic (exact) mass is 346 g/mol. The fourth-order valence-corrected chi connectivity index (χ4v) is 3.86. The Balaban J connectivity index is 1.38. The van der Waals surface area contributed by atoms with Crippen molar-refractivity contribution >= 4 is 11.7 Å². The number of carbonyl (C=O) groups is 1. The number of hydrogen-bond acceptors (Lipinski definition) is 4. The molecule has 2 atom stereocenters. The minimum Gasteiger partial charge on any atom is -0.309 e. The molecule has 0 radical (unpaired) electrons. The van der Waals surface area contributed by atoms with Gasteiger partial charge < -0.3 is 10.2 Å². The van der Waals surface area contributed by atoms with Gasteiger partial charge in [0.25, 0.3) is 0 Å². The third-order valence-electron chi connectivity index (χ3n) is 5.22. The Morgan fingerprint density at radius 3 is 3.00 bits per heavy atom. The van der Waals surface area contributed by atoms with Crippen LogP contribution in [-0.2, 0) is 6.54 Å². The molecular formula is C19H18N6O. The van der Waals surface area contributed by atoms with Gasteiger partial charge in [-0.25, -0.2) is 14.5 Å². The van der Waals surface area contributed by atoms with Gasteiger partial charge in [-0.1, -0.05) is 12.1 Å². The van der Waals surface area contributed by atoms with Crippen LogP contribution in [-0.4, -0.2) is 36.7 Å². The lowest BCUT2D eigenvalue weighted by Crippen LogP contribution is -2.60. The van der Waals surface area contributed by atoms with Gasteiger partial charge in [-0.3, -0.25) is 4.98 Å². The van der Waals surface area contributed by atoms with E-state index in [0.717, 1.165) is 34.8 Å². The van der Waals surface area contributed by atoms with Crippen LogP contribution in [0.4, 0.5) is 10.5 Å². The SMILES string of the molecule is Cc1ccc(NC(=O)N2[C@H]3C[C@@H]2c2ncnn2C3)cc1-c1ccccn1. The minimum absolute atomic E-state index is 0.0250. The summed E-state index contributed by atoms with van der Waals surface area (Å²) < 4.78 is 1.90. The number of rotatable bonds is 2. The number of hydrogen-bond donors (Lipinski definition) is 1. The average molecular weight is 346 g/mol. The lowest BCUT2D eigenvalue weighted by atomic mass is 9.89. The zero-order chi connectivity index (χ0) is 17.7. The van der Waals surface area contributed by atoms with Gasteiger partial charge in [0, 0.05) is 17.4 Å². The summed E-state index contributed by atoms with van der Waals surface area (Å²) in [7, 11) is 0. The standard InChI is InChI=1S/C19H18N6O/c1-12-5-6-13(8-15(12)16-4-2-3-7-20-16)23-19(26)25-14-9-17(25)18-21-11-22-24(18)10-14/h2-8,11,14,17H,9-10H2,1H3,(H,23,26)/t14-,17+/m0/s1. The van der Waals surface area contributed by atoms with Crippen LogP contribution in [0.2, 0.25) is 0 Å². The van der Waals surface area contributed by atoms with Crippen molar-refractivity contribution in [3.8, 4) is 11.3 Å². The fraction of sp³-hybridized carbons (Fsp3) is 0.263. The molecule has 6 rings (SSSR count). The van der Waals surface area contributed by atoms with Crippen LogP contribution in [0.3, 0.4) is 0 Å². The Labute approximate surface area is 150 Å². The van der Waals surface area contributed by atoms with E-state index in [1.807, 2.05) is 52.9 Å². The number of nitrogens with zero attached hydrogens (tertiary/aromatic N) is 5. The van der Waals surface area contributed by atoms with Crippen LogP contribution >= 0.6 is 0 Å². The largest absolute Gasteiger partial charge is 0.322 e. The highest BCUT2D eigenvalue weighted by atomic mass is 16.2. The van der Waals surface area contributed by atoms with Crippen LogP contribution in [0.15, 0.2) is 48.9 Å². The van der Waals surface area contributed by atoms with Gasteiger partial charge in [0.15, 0.2) is 0 Å². The Morgan fingerprint density at radius 2 is 2.15 bits per heavy atom. The Kier molecular flexibility index (Phi) is 3.28. The predicted octanol–water partition coefficient (Wildman–Crippen LogP) is 3.01. The first-order valence-electron chi connectivity index (χ1n) is 8.70. The van der Waals surface area contributed by atoms with Gasteiger partial charge in [-0.15, -0.1) is 0 Å². The third kappa shape index (κ3) is 2.28. The molecule has 3 aliphatic heterocycles.